The average Bonchev–Trinajstić information content (AvgIpc) is 3.57. The molecule has 0 saturated carbocycles. The summed E-state index contributed by atoms with van der Waals surface area (Å²) in [6.45, 7) is 6.56. The molecule has 2 aliphatic rings. The lowest BCUT2D eigenvalue weighted by atomic mass is 9.91. The van der Waals surface area contributed by atoms with Gasteiger partial charge in [0.15, 0.2) is 5.11 Å². The van der Waals surface area contributed by atoms with Crippen LogP contribution in [-0.4, -0.2) is 34.3 Å². The molecule has 41 heavy (non-hydrogen) atoms. The number of benzene rings is 2. The van der Waals surface area contributed by atoms with Gasteiger partial charge < -0.3 is 24.6 Å². The van der Waals surface area contributed by atoms with E-state index in [1.54, 1.807) is 30.5 Å². The highest BCUT2D eigenvalue weighted by Gasteiger charge is 2.43. The van der Waals surface area contributed by atoms with Crippen molar-refractivity contribution >= 4 is 46.3 Å². The van der Waals surface area contributed by atoms with Crippen LogP contribution in [0.1, 0.15) is 54.2 Å². The van der Waals surface area contributed by atoms with Crippen LogP contribution in [0.15, 0.2) is 83.4 Å². The number of hydrogen-bond donors (Lipinski definition) is 2. The predicted molar refractivity (Wildman–Crippen MR) is 166 cm³/mol. The number of nitrogens with zero attached hydrogens (tertiary/aromatic N) is 3. The van der Waals surface area contributed by atoms with E-state index >= 15 is 0 Å². The van der Waals surface area contributed by atoms with E-state index in [0.29, 0.717) is 33.5 Å². The Labute approximate surface area is 249 Å². The first-order chi connectivity index (χ1) is 19.8. The van der Waals surface area contributed by atoms with E-state index in [0.717, 1.165) is 35.7 Å². The van der Waals surface area contributed by atoms with Crippen LogP contribution in [0.25, 0.3) is 11.3 Å². The normalized spacial score (nSPS) is 22.6. The van der Waals surface area contributed by atoms with E-state index in [2.05, 4.69) is 41.2 Å². The molecule has 4 heterocycles. The summed E-state index contributed by atoms with van der Waals surface area (Å²) in [5.74, 6) is 1.59. The van der Waals surface area contributed by atoms with Gasteiger partial charge in [-0.1, -0.05) is 43.6 Å². The van der Waals surface area contributed by atoms with Crippen molar-refractivity contribution in [2.45, 2.75) is 32.4 Å². The second kappa shape index (κ2) is 11.2. The van der Waals surface area contributed by atoms with Gasteiger partial charge in [0, 0.05) is 30.5 Å². The van der Waals surface area contributed by atoms with Gasteiger partial charge in [0.1, 0.15) is 17.6 Å². The zero-order valence-electron chi connectivity index (χ0n) is 22.8. The number of carboxylic acids is 1. The lowest BCUT2D eigenvalue weighted by Gasteiger charge is -2.37. The number of rotatable bonds is 6. The Bertz CT molecular complexity index is 1570. The quantitative estimate of drug-likeness (QED) is 0.227. The number of furan rings is 1. The number of hydrogen-bond acceptors (Lipinski definition) is 5. The third-order valence-electron chi connectivity index (χ3n) is 7.85. The zero-order valence-corrected chi connectivity index (χ0v) is 24.4. The van der Waals surface area contributed by atoms with Crippen molar-refractivity contribution in [1.29, 1.82) is 0 Å². The van der Waals surface area contributed by atoms with Crippen molar-refractivity contribution in [3.63, 3.8) is 0 Å². The van der Waals surface area contributed by atoms with Gasteiger partial charge >= 0.3 is 5.97 Å². The Morgan fingerprint density at radius 1 is 1.05 bits per heavy atom. The summed E-state index contributed by atoms with van der Waals surface area (Å²) in [4.78, 5) is 20.3. The number of halogens is 1. The highest BCUT2D eigenvalue weighted by atomic mass is 35.5. The van der Waals surface area contributed by atoms with Crippen LogP contribution in [0.5, 0.6) is 0 Å². The molecule has 0 radical (unpaired) electrons. The van der Waals surface area contributed by atoms with Gasteiger partial charge in [-0.25, -0.2) is 4.79 Å². The number of pyridine rings is 1. The minimum absolute atomic E-state index is 0.223. The first-order valence-electron chi connectivity index (χ1n) is 13.8. The number of carbonyl (C=O) groups is 1. The van der Waals surface area contributed by atoms with Crippen molar-refractivity contribution in [1.82, 2.24) is 10.3 Å². The topological polar surface area (TPSA) is 81.8 Å². The van der Waals surface area contributed by atoms with Gasteiger partial charge in [-0.05, 0) is 85.1 Å². The molecule has 0 unspecified atom stereocenters. The maximum Gasteiger partial charge on any atom is 0.335 e. The van der Waals surface area contributed by atoms with Crippen LogP contribution >= 0.6 is 23.8 Å². The second-order valence-electron chi connectivity index (χ2n) is 11.1. The Morgan fingerprint density at radius 2 is 1.80 bits per heavy atom. The van der Waals surface area contributed by atoms with Crippen LogP contribution in [0.3, 0.4) is 0 Å². The molecule has 2 fully saturated rings. The highest BCUT2D eigenvalue weighted by molar-refractivity contribution is 7.80. The smallest absolute Gasteiger partial charge is 0.335 e. The molecule has 2 N–H and O–H groups in total. The van der Waals surface area contributed by atoms with Crippen LogP contribution in [-0.2, 0) is 0 Å². The van der Waals surface area contributed by atoms with Crippen molar-refractivity contribution < 1.29 is 14.3 Å². The molecule has 0 spiro atoms. The first-order valence-corrected chi connectivity index (χ1v) is 14.6. The van der Waals surface area contributed by atoms with Crippen LogP contribution < -0.4 is 15.1 Å². The molecule has 0 bridgehead atoms. The summed E-state index contributed by atoms with van der Waals surface area (Å²) in [6, 6.07) is 21.8. The van der Waals surface area contributed by atoms with Gasteiger partial charge in [-0.2, -0.15) is 0 Å². The zero-order chi connectivity index (χ0) is 28.7. The van der Waals surface area contributed by atoms with E-state index in [1.807, 2.05) is 41.3 Å². The Hall–Kier alpha value is -3.88. The third kappa shape index (κ3) is 5.42. The maximum atomic E-state index is 11.3. The monoisotopic (exact) mass is 586 g/mol. The van der Waals surface area contributed by atoms with E-state index in [-0.39, 0.29) is 17.6 Å². The molecule has 2 saturated heterocycles. The maximum absolute atomic E-state index is 11.3. The summed E-state index contributed by atoms with van der Waals surface area (Å²) in [5.41, 5.74) is 3.75. The molecule has 4 aromatic rings. The van der Waals surface area contributed by atoms with E-state index in [1.165, 1.54) is 6.42 Å². The third-order valence-corrected chi connectivity index (χ3v) is 8.47. The molecule has 2 aromatic carbocycles. The number of anilines is 2. The van der Waals surface area contributed by atoms with Crippen molar-refractivity contribution in [3.05, 3.63) is 101 Å². The molecule has 0 aliphatic carbocycles. The number of carboxylic acid groups (broad SMARTS) is 1. The fourth-order valence-electron chi connectivity index (χ4n) is 6.13. The Kier molecular flexibility index (Phi) is 7.45. The first kappa shape index (κ1) is 27.3. The summed E-state index contributed by atoms with van der Waals surface area (Å²) in [6.07, 6.45) is 3.00. The van der Waals surface area contributed by atoms with Gasteiger partial charge in [-0.3, -0.25) is 4.98 Å². The fourth-order valence-corrected chi connectivity index (χ4v) is 6.77. The number of nitrogens with one attached hydrogen (secondary N) is 1. The minimum atomic E-state index is -0.968. The second-order valence-corrected chi connectivity index (χ2v) is 11.9. The molecule has 2 aromatic heterocycles. The van der Waals surface area contributed by atoms with Crippen molar-refractivity contribution in [2.75, 3.05) is 22.9 Å². The standard InChI is InChI=1S/C32H31ClN4O3S/c1-19-15-20(2)18-36(17-19)26-11-10-23(16-24(26)33)37-30(29(35-32(37)41)25-5-3-4-14-34-25)28-13-12-27(40-28)21-6-8-22(9-7-21)31(38)39/h3-14,16,19-20,29-30H,15,17-18H2,1-2H3,(H,35,41)(H,38,39)/t19-,20+,29-,30-/m1/s1. The molecule has 0 amide bonds. The SMILES string of the molecule is C[C@@H]1C[C@H](C)CN(c2ccc(N3C(=S)N[C@H](c4ccccn4)[C@H]3c3ccc(-c4ccc(C(=O)O)cc4)o3)cc2Cl)C1. The molecule has 7 nitrogen and oxygen atoms in total. The van der Waals surface area contributed by atoms with Crippen LogP contribution in [0.2, 0.25) is 5.02 Å². The van der Waals surface area contributed by atoms with Crippen molar-refractivity contribution in [3.8, 4) is 11.3 Å². The summed E-state index contributed by atoms with van der Waals surface area (Å²) >= 11 is 12.8. The fraction of sp³-hybridized carbons (Fsp3) is 0.281. The van der Waals surface area contributed by atoms with Crippen LogP contribution in [0.4, 0.5) is 11.4 Å². The number of piperidine rings is 1. The average molecular weight is 587 g/mol. The molecule has 6 rings (SSSR count). The number of aromatic nitrogens is 1. The molecule has 210 valence electrons. The Morgan fingerprint density at radius 3 is 2.46 bits per heavy atom. The summed E-state index contributed by atoms with van der Waals surface area (Å²) < 4.78 is 6.42. The van der Waals surface area contributed by atoms with E-state index < -0.39 is 5.97 Å². The largest absolute Gasteiger partial charge is 0.478 e. The molecule has 9 heteroatoms. The van der Waals surface area contributed by atoms with Gasteiger partial charge in [0.05, 0.1) is 28.0 Å². The predicted octanol–water partition coefficient (Wildman–Crippen LogP) is 7.35. The molecular formula is C32H31ClN4O3S. The van der Waals surface area contributed by atoms with Gasteiger partial charge in [-0.15, -0.1) is 0 Å². The lowest BCUT2D eigenvalue weighted by molar-refractivity contribution is 0.0697. The van der Waals surface area contributed by atoms with Gasteiger partial charge in [0.2, 0.25) is 0 Å². The lowest BCUT2D eigenvalue weighted by Crippen LogP contribution is -2.38. The van der Waals surface area contributed by atoms with Crippen LogP contribution in [0, 0.1) is 11.8 Å². The van der Waals surface area contributed by atoms with Crippen molar-refractivity contribution in [2.24, 2.45) is 11.8 Å². The van der Waals surface area contributed by atoms with E-state index in [4.69, 9.17) is 28.2 Å². The highest BCUT2D eigenvalue weighted by Crippen LogP contribution is 2.44. The van der Waals surface area contributed by atoms with Gasteiger partial charge in [0.25, 0.3) is 0 Å². The summed E-state index contributed by atoms with van der Waals surface area (Å²) in [7, 11) is 0. The molecule has 2 aliphatic heterocycles. The summed E-state index contributed by atoms with van der Waals surface area (Å²) in [5, 5.41) is 14.0. The number of thiocarbonyl (C=S) groups is 1. The minimum Gasteiger partial charge on any atom is -0.478 e. The van der Waals surface area contributed by atoms with E-state index in [9.17, 15) is 9.90 Å². The number of aromatic carboxylic acids is 1. The molecule has 4 atom stereocenters. The Balaban J connectivity index is 1.37. The molecular weight excluding hydrogens is 556 g/mol.